The Balaban J connectivity index is 2.07. The molecule has 0 bridgehead atoms. The van der Waals surface area contributed by atoms with Crippen LogP contribution in [0.25, 0.3) is 0 Å². The van der Waals surface area contributed by atoms with Crippen molar-refractivity contribution in [2.75, 3.05) is 4.72 Å². The first kappa shape index (κ1) is 20.6. The average Bonchev–Trinajstić information content (AvgIpc) is 2.64. The predicted octanol–water partition coefficient (Wildman–Crippen LogP) is 2.71. The number of rotatable bonds is 6. The zero-order valence-corrected chi connectivity index (χ0v) is 16.5. The van der Waals surface area contributed by atoms with E-state index in [2.05, 4.69) is 4.72 Å². The summed E-state index contributed by atoms with van der Waals surface area (Å²) < 4.78 is 43.3. The number of nitrogens with zero attached hydrogens (tertiary/aromatic N) is 1. The van der Waals surface area contributed by atoms with Gasteiger partial charge in [-0.25, -0.2) is 12.8 Å². The van der Waals surface area contributed by atoms with Gasteiger partial charge in [0.2, 0.25) is 0 Å². The second kappa shape index (κ2) is 8.06. The number of para-hydroxylation sites is 1. The summed E-state index contributed by atoms with van der Waals surface area (Å²) in [5.74, 6) is -1.51. The van der Waals surface area contributed by atoms with Crippen molar-refractivity contribution >= 4 is 33.2 Å². The normalized spacial score (nSPS) is 11.2. The molecule has 0 aliphatic carbocycles. The molecule has 0 fully saturated rings. The standard InChI is InChI=1S/C19H16ClFN4O3S/c20-13-9-16(19(23)26)18(22)25(11-13)10-12-8-14(21)6-7-17(12)29(27,28)24-15-4-2-1-3-5-15/h1-9,11,22,24H,10H2,(H2,23,26). The fourth-order valence-electron chi connectivity index (χ4n) is 2.76. The molecule has 1 aromatic heterocycles. The van der Waals surface area contributed by atoms with Crippen LogP contribution in [0, 0.1) is 11.2 Å². The Morgan fingerprint density at radius 1 is 1.17 bits per heavy atom. The van der Waals surface area contributed by atoms with E-state index in [9.17, 15) is 17.6 Å². The summed E-state index contributed by atoms with van der Waals surface area (Å²) in [6, 6.07) is 12.7. The SMILES string of the molecule is N=c1c(C(N)=O)cc(Cl)cn1Cc1cc(F)ccc1S(=O)(=O)Nc1ccccc1. The zero-order valence-electron chi connectivity index (χ0n) is 14.9. The van der Waals surface area contributed by atoms with Crippen molar-refractivity contribution < 1.29 is 17.6 Å². The number of carbonyl (C=O) groups excluding carboxylic acids is 1. The van der Waals surface area contributed by atoms with E-state index >= 15 is 0 Å². The first-order chi connectivity index (χ1) is 13.7. The number of halogens is 2. The number of benzene rings is 2. The van der Waals surface area contributed by atoms with Gasteiger partial charge in [0.1, 0.15) is 11.3 Å². The molecule has 0 spiro atoms. The minimum absolute atomic E-state index is 0.0737. The van der Waals surface area contributed by atoms with E-state index in [1.165, 1.54) is 16.8 Å². The van der Waals surface area contributed by atoms with Gasteiger partial charge >= 0.3 is 0 Å². The number of amides is 1. The summed E-state index contributed by atoms with van der Waals surface area (Å²) in [7, 11) is -4.05. The minimum atomic E-state index is -4.05. The first-order valence-electron chi connectivity index (χ1n) is 8.28. The summed E-state index contributed by atoms with van der Waals surface area (Å²) in [6.07, 6.45) is 1.34. The second-order valence-corrected chi connectivity index (χ2v) is 8.22. The molecule has 0 aliphatic rings. The molecule has 3 aromatic rings. The van der Waals surface area contributed by atoms with E-state index < -0.39 is 21.7 Å². The third-order valence-corrected chi connectivity index (χ3v) is 5.74. The fraction of sp³-hybridized carbons (Fsp3) is 0.0526. The Bertz CT molecular complexity index is 1240. The van der Waals surface area contributed by atoms with Gasteiger partial charge in [0, 0.05) is 11.9 Å². The van der Waals surface area contributed by atoms with Crippen LogP contribution in [0.4, 0.5) is 10.1 Å². The lowest BCUT2D eigenvalue weighted by Crippen LogP contribution is -2.30. The largest absolute Gasteiger partial charge is 0.365 e. The van der Waals surface area contributed by atoms with Crippen molar-refractivity contribution in [3.05, 3.63) is 88.2 Å². The minimum Gasteiger partial charge on any atom is -0.365 e. The summed E-state index contributed by atoms with van der Waals surface area (Å²) in [5.41, 5.74) is 5.26. The molecule has 0 aliphatic heterocycles. The van der Waals surface area contributed by atoms with E-state index in [1.807, 2.05) is 0 Å². The number of nitrogens with two attached hydrogens (primary N) is 1. The maximum atomic E-state index is 13.9. The van der Waals surface area contributed by atoms with Gasteiger partial charge in [-0.3, -0.25) is 14.9 Å². The highest BCUT2D eigenvalue weighted by atomic mass is 35.5. The van der Waals surface area contributed by atoms with Crippen LogP contribution in [-0.4, -0.2) is 18.9 Å². The smallest absolute Gasteiger partial charge is 0.262 e. The maximum absolute atomic E-state index is 13.9. The highest BCUT2D eigenvalue weighted by Crippen LogP contribution is 2.22. The van der Waals surface area contributed by atoms with Crippen molar-refractivity contribution in [2.24, 2.45) is 5.73 Å². The maximum Gasteiger partial charge on any atom is 0.262 e. The van der Waals surface area contributed by atoms with Gasteiger partial charge in [-0.05, 0) is 42.0 Å². The molecule has 1 amide bonds. The van der Waals surface area contributed by atoms with Crippen molar-refractivity contribution in [1.82, 2.24) is 4.57 Å². The third-order valence-electron chi connectivity index (χ3n) is 4.05. The Hall–Kier alpha value is -3.17. The lowest BCUT2D eigenvalue weighted by molar-refractivity contribution is 0.0997. The molecule has 3 rings (SSSR count). The van der Waals surface area contributed by atoms with Gasteiger partial charge < -0.3 is 10.3 Å². The molecule has 1 heterocycles. The molecular weight excluding hydrogens is 419 g/mol. The lowest BCUT2D eigenvalue weighted by Gasteiger charge is -2.15. The summed E-state index contributed by atoms with van der Waals surface area (Å²) in [6.45, 7) is -0.220. The fourth-order valence-corrected chi connectivity index (χ4v) is 4.26. The topological polar surface area (TPSA) is 118 Å². The zero-order chi connectivity index (χ0) is 21.2. The Labute approximate surface area is 171 Å². The molecular formula is C19H16ClFN4O3S. The Kier molecular flexibility index (Phi) is 5.71. The molecule has 150 valence electrons. The number of hydrogen-bond donors (Lipinski definition) is 3. The van der Waals surface area contributed by atoms with Gasteiger partial charge in [0.15, 0.2) is 0 Å². The number of carbonyl (C=O) groups is 1. The lowest BCUT2D eigenvalue weighted by atomic mass is 10.2. The summed E-state index contributed by atoms with van der Waals surface area (Å²) in [4.78, 5) is 11.4. The summed E-state index contributed by atoms with van der Waals surface area (Å²) >= 11 is 5.98. The van der Waals surface area contributed by atoms with E-state index in [1.54, 1.807) is 30.3 Å². The third kappa shape index (κ3) is 4.64. The average molecular weight is 435 g/mol. The number of sulfonamides is 1. The van der Waals surface area contributed by atoms with Crippen LogP contribution in [0.5, 0.6) is 0 Å². The number of aromatic nitrogens is 1. The first-order valence-corrected chi connectivity index (χ1v) is 10.1. The van der Waals surface area contributed by atoms with Gasteiger partial charge in [0.25, 0.3) is 15.9 Å². The van der Waals surface area contributed by atoms with E-state index in [0.717, 1.165) is 18.2 Å². The van der Waals surface area contributed by atoms with Gasteiger partial charge in [-0.1, -0.05) is 29.8 Å². The van der Waals surface area contributed by atoms with Crippen LogP contribution in [0.15, 0.2) is 65.7 Å². The van der Waals surface area contributed by atoms with Crippen LogP contribution in [0.2, 0.25) is 5.02 Å². The molecule has 0 saturated carbocycles. The highest BCUT2D eigenvalue weighted by molar-refractivity contribution is 7.92. The molecule has 29 heavy (non-hydrogen) atoms. The predicted molar refractivity (Wildman–Crippen MR) is 107 cm³/mol. The van der Waals surface area contributed by atoms with Crippen molar-refractivity contribution in [2.45, 2.75) is 11.4 Å². The number of anilines is 1. The molecule has 0 saturated heterocycles. The quantitative estimate of drug-likeness (QED) is 0.553. The second-order valence-electron chi connectivity index (χ2n) is 6.14. The van der Waals surface area contributed by atoms with Gasteiger partial charge in [-0.2, -0.15) is 0 Å². The van der Waals surface area contributed by atoms with Gasteiger partial charge in [0.05, 0.1) is 22.0 Å². The molecule has 0 unspecified atom stereocenters. The van der Waals surface area contributed by atoms with Crippen molar-refractivity contribution in [1.29, 1.82) is 5.41 Å². The molecule has 10 heteroatoms. The molecule has 0 radical (unpaired) electrons. The van der Waals surface area contributed by atoms with Crippen LogP contribution in [0.1, 0.15) is 15.9 Å². The van der Waals surface area contributed by atoms with E-state index in [4.69, 9.17) is 22.7 Å². The van der Waals surface area contributed by atoms with Gasteiger partial charge in [-0.15, -0.1) is 0 Å². The molecule has 7 nitrogen and oxygen atoms in total. The number of pyridine rings is 1. The number of primary amides is 1. The van der Waals surface area contributed by atoms with Crippen LogP contribution < -0.4 is 15.9 Å². The van der Waals surface area contributed by atoms with Crippen LogP contribution >= 0.6 is 11.6 Å². The Morgan fingerprint density at radius 2 is 1.86 bits per heavy atom. The van der Waals surface area contributed by atoms with Crippen molar-refractivity contribution in [3.63, 3.8) is 0 Å². The van der Waals surface area contributed by atoms with Crippen LogP contribution in [0.3, 0.4) is 0 Å². The number of hydrogen-bond acceptors (Lipinski definition) is 4. The summed E-state index contributed by atoms with van der Waals surface area (Å²) in [5, 5.41) is 8.25. The molecule has 2 aromatic carbocycles. The molecule has 4 N–H and O–H groups in total. The van der Waals surface area contributed by atoms with E-state index in [-0.39, 0.29) is 33.1 Å². The van der Waals surface area contributed by atoms with E-state index in [0.29, 0.717) is 5.69 Å². The molecule has 0 atom stereocenters. The monoisotopic (exact) mass is 434 g/mol. The Morgan fingerprint density at radius 3 is 2.52 bits per heavy atom. The van der Waals surface area contributed by atoms with Crippen molar-refractivity contribution in [3.8, 4) is 0 Å². The van der Waals surface area contributed by atoms with Crippen LogP contribution in [-0.2, 0) is 16.6 Å². The number of nitrogens with one attached hydrogen (secondary N) is 2. The highest BCUT2D eigenvalue weighted by Gasteiger charge is 2.20.